The van der Waals surface area contributed by atoms with Crippen molar-refractivity contribution in [2.75, 3.05) is 25.5 Å². The quantitative estimate of drug-likeness (QED) is 0.725. The molecule has 2 aromatic rings. The third-order valence-electron chi connectivity index (χ3n) is 4.76. The SMILES string of the molecule is COc1ccc(F)cc1S(=O)(=O)N1CCC(C(=O)Nc2ccc(Cl)c(Cl)c2)CC1. The highest BCUT2D eigenvalue weighted by Crippen LogP contribution is 2.31. The van der Waals surface area contributed by atoms with Gasteiger partial charge in [0.1, 0.15) is 16.5 Å². The first kappa shape index (κ1) is 21.8. The molecule has 0 bridgehead atoms. The third kappa shape index (κ3) is 4.83. The molecule has 1 saturated heterocycles. The number of hydrogen-bond acceptors (Lipinski definition) is 4. The van der Waals surface area contributed by atoms with Gasteiger partial charge in [-0.3, -0.25) is 4.79 Å². The van der Waals surface area contributed by atoms with Crippen LogP contribution in [0, 0.1) is 11.7 Å². The predicted molar refractivity (Wildman–Crippen MR) is 110 cm³/mol. The topological polar surface area (TPSA) is 75.7 Å². The van der Waals surface area contributed by atoms with E-state index in [1.807, 2.05) is 0 Å². The number of nitrogens with zero attached hydrogens (tertiary/aromatic N) is 1. The molecule has 1 heterocycles. The standard InChI is InChI=1S/C19H19Cl2FN2O4S/c1-28-17-5-2-13(22)10-18(17)29(26,27)24-8-6-12(7-9-24)19(25)23-14-3-4-15(20)16(21)11-14/h2-5,10-12H,6-9H2,1H3,(H,23,25). The first-order chi connectivity index (χ1) is 13.7. The lowest BCUT2D eigenvalue weighted by Gasteiger charge is -2.30. The molecular formula is C19H19Cl2FN2O4S. The maximum absolute atomic E-state index is 13.6. The summed E-state index contributed by atoms with van der Waals surface area (Å²) in [5.74, 6) is -1.17. The maximum Gasteiger partial charge on any atom is 0.246 e. The molecule has 1 aliphatic heterocycles. The first-order valence-corrected chi connectivity index (χ1v) is 11.0. The molecule has 156 valence electrons. The van der Waals surface area contributed by atoms with Gasteiger partial charge in [0.25, 0.3) is 0 Å². The van der Waals surface area contributed by atoms with Gasteiger partial charge in [0.15, 0.2) is 0 Å². The van der Waals surface area contributed by atoms with E-state index in [2.05, 4.69) is 5.32 Å². The van der Waals surface area contributed by atoms with Gasteiger partial charge in [-0.15, -0.1) is 0 Å². The largest absolute Gasteiger partial charge is 0.495 e. The highest BCUT2D eigenvalue weighted by atomic mass is 35.5. The Kier molecular flexibility index (Phi) is 6.68. The van der Waals surface area contributed by atoms with Gasteiger partial charge in [0.05, 0.1) is 17.2 Å². The molecular weight excluding hydrogens is 442 g/mol. The molecule has 0 aliphatic carbocycles. The Labute approximate surface area is 178 Å². The van der Waals surface area contributed by atoms with Crippen molar-refractivity contribution in [2.24, 2.45) is 5.92 Å². The summed E-state index contributed by atoms with van der Waals surface area (Å²) in [7, 11) is -2.62. The molecule has 1 amide bonds. The lowest BCUT2D eigenvalue weighted by molar-refractivity contribution is -0.120. The highest BCUT2D eigenvalue weighted by Gasteiger charge is 2.34. The minimum Gasteiger partial charge on any atom is -0.495 e. The zero-order valence-electron chi connectivity index (χ0n) is 15.5. The predicted octanol–water partition coefficient (Wildman–Crippen LogP) is 4.18. The smallest absolute Gasteiger partial charge is 0.246 e. The Morgan fingerprint density at radius 3 is 2.45 bits per heavy atom. The van der Waals surface area contributed by atoms with Gasteiger partial charge >= 0.3 is 0 Å². The van der Waals surface area contributed by atoms with E-state index in [9.17, 15) is 17.6 Å². The number of amides is 1. The summed E-state index contributed by atoms with van der Waals surface area (Å²) in [4.78, 5) is 12.3. The minimum atomic E-state index is -3.94. The molecule has 3 rings (SSSR count). The van der Waals surface area contributed by atoms with E-state index in [1.165, 1.54) is 17.5 Å². The number of piperidine rings is 1. The summed E-state index contributed by atoms with van der Waals surface area (Å²) in [5.41, 5.74) is 0.518. The number of carbonyl (C=O) groups excluding carboxylic acids is 1. The van der Waals surface area contributed by atoms with Crippen LogP contribution in [0.4, 0.5) is 10.1 Å². The van der Waals surface area contributed by atoms with Crippen LogP contribution in [0.2, 0.25) is 10.0 Å². The van der Waals surface area contributed by atoms with Crippen molar-refractivity contribution in [3.63, 3.8) is 0 Å². The van der Waals surface area contributed by atoms with E-state index in [4.69, 9.17) is 27.9 Å². The van der Waals surface area contributed by atoms with E-state index < -0.39 is 15.8 Å². The van der Waals surface area contributed by atoms with E-state index in [1.54, 1.807) is 18.2 Å². The third-order valence-corrected chi connectivity index (χ3v) is 7.41. The number of halogens is 3. The highest BCUT2D eigenvalue weighted by molar-refractivity contribution is 7.89. The van der Waals surface area contributed by atoms with Crippen molar-refractivity contribution in [1.29, 1.82) is 0 Å². The number of ether oxygens (including phenoxy) is 1. The molecule has 0 atom stereocenters. The van der Waals surface area contributed by atoms with Gasteiger partial charge < -0.3 is 10.1 Å². The number of rotatable bonds is 5. The Morgan fingerprint density at radius 2 is 1.83 bits per heavy atom. The normalized spacial score (nSPS) is 15.9. The fourth-order valence-corrected chi connectivity index (χ4v) is 5.10. The molecule has 2 aromatic carbocycles. The van der Waals surface area contributed by atoms with E-state index in [-0.39, 0.29) is 35.6 Å². The zero-order valence-corrected chi connectivity index (χ0v) is 17.8. The van der Waals surface area contributed by atoms with Crippen molar-refractivity contribution in [1.82, 2.24) is 4.31 Å². The maximum atomic E-state index is 13.6. The molecule has 0 aromatic heterocycles. The lowest BCUT2D eigenvalue weighted by Crippen LogP contribution is -2.41. The van der Waals surface area contributed by atoms with Crippen molar-refractivity contribution in [3.8, 4) is 5.75 Å². The first-order valence-electron chi connectivity index (χ1n) is 8.82. The summed E-state index contributed by atoms with van der Waals surface area (Å²) in [6, 6.07) is 8.13. The number of nitrogens with one attached hydrogen (secondary N) is 1. The van der Waals surface area contributed by atoms with Crippen LogP contribution >= 0.6 is 23.2 Å². The average Bonchev–Trinajstić information content (AvgIpc) is 2.70. The Hall–Kier alpha value is -1.87. The van der Waals surface area contributed by atoms with Gasteiger partial charge in [-0.2, -0.15) is 4.31 Å². The molecule has 10 heteroatoms. The fourth-order valence-electron chi connectivity index (χ4n) is 3.17. The molecule has 0 spiro atoms. The lowest BCUT2D eigenvalue weighted by atomic mass is 9.97. The second kappa shape index (κ2) is 8.87. The fraction of sp³-hybridized carbons (Fsp3) is 0.316. The Bertz CT molecular complexity index is 1020. The molecule has 1 aliphatic rings. The van der Waals surface area contributed by atoms with Crippen LogP contribution in [-0.4, -0.2) is 38.8 Å². The van der Waals surface area contributed by atoms with Gasteiger partial charge in [0, 0.05) is 24.7 Å². The number of sulfonamides is 1. The average molecular weight is 461 g/mol. The number of anilines is 1. The van der Waals surface area contributed by atoms with Gasteiger partial charge in [-0.1, -0.05) is 23.2 Å². The molecule has 1 fully saturated rings. The van der Waals surface area contributed by atoms with Gasteiger partial charge in [-0.05, 0) is 49.2 Å². The molecule has 0 unspecified atom stereocenters. The van der Waals surface area contributed by atoms with Crippen molar-refractivity contribution >= 4 is 44.8 Å². The van der Waals surface area contributed by atoms with Crippen LogP contribution in [0.1, 0.15) is 12.8 Å². The summed E-state index contributed by atoms with van der Waals surface area (Å²) >= 11 is 11.8. The van der Waals surface area contributed by atoms with Crippen LogP contribution < -0.4 is 10.1 Å². The summed E-state index contributed by atoms with van der Waals surface area (Å²) in [6.07, 6.45) is 0.675. The van der Waals surface area contributed by atoms with Crippen molar-refractivity contribution in [3.05, 3.63) is 52.3 Å². The van der Waals surface area contributed by atoms with Crippen LogP contribution in [0.25, 0.3) is 0 Å². The molecule has 0 radical (unpaired) electrons. The van der Waals surface area contributed by atoms with Crippen LogP contribution in [-0.2, 0) is 14.8 Å². The van der Waals surface area contributed by atoms with Gasteiger partial charge in [0.2, 0.25) is 15.9 Å². The Morgan fingerprint density at radius 1 is 1.14 bits per heavy atom. The van der Waals surface area contributed by atoms with Crippen LogP contribution in [0.5, 0.6) is 5.75 Å². The molecule has 1 N–H and O–H groups in total. The van der Waals surface area contributed by atoms with Crippen molar-refractivity contribution in [2.45, 2.75) is 17.7 Å². The molecule has 0 saturated carbocycles. The Balaban J connectivity index is 1.67. The van der Waals surface area contributed by atoms with Crippen LogP contribution in [0.15, 0.2) is 41.3 Å². The summed E-state index contributed by atoms with van der Waals surface area (Å²) in [5, 5.41) is 3.48. The van der Waals surface area contributed by atoms with Gasteiger partial charge in [-0.25, -0.2) is 12.8 Å². The van der Waals surface area contributed by atoms with E-state index >= 15 is 0 Å². The second-order valence-corrected chi connectivity index (χ2v) is 9.31. The number of hydrogen-bond donors (Lipinski definition) is 1. The van der Waals surface area contributed by atoms with Crippen molar-refractivity contribution < 1.29 is 22.3 Å². The number of carbonyl (C=O) groups is 1. The molecule has 29 heavy (non-hydrogen) atoms. The monoisotopic (exact) mass is 460 g/mol. The van der Waals surface area contributed by atoms with E-state index in [0.717, 1.165) is 12.1 Å². The minimum absolute atomic E-state index is 0.0749. The number of methoxy groups -OCH3 is 1. The summed E-state index contributed by atoms with van der Waals surface area (Å²) < 4.78 is 45.7. The molecule has 6 nitrogen and oxygen atoms in total. The van der Waals surface area contributed by atoms with Crippen LogP contribution in [0.3, 0.4) is 0 Å². The summed E-state index contributed by atoms with van der Waals surface area (Å²) in [6.45, 7) is 0.281. The number of benzene rings is 2. The zero-order chi connectivity index (χ0) is 21.2. The second-order valence-electron chi connectivity index (χ2n) is 6.59. The van der Waals surface area contributed by atoms with E-state index in [0.29, 0.717) is 28.6 Å².